The number of carbonyl (C=O) groups is 2. The molecule has 2 N–H and O–H groups in total. The van der Waals surface area contributed by atoms with Gasteiger partial charge in [0.05, 0.1) is 28.7 Å². The third kappa shape index (κ3) is 4.80. The second kappa shape index (κ2) is 9.47. The van der Waals surface area contributed by atoms with Crippen molar-refractivity contribution in [2.45, 2.75) is 20.4 Å². The number of para-hydroxylation sites is 1. The molecule has 5 rings (SSSR count). The Hall–Kier alpha value is -4.37. The van der Waals surface area contributed by atoms with E-state index in [-0.39, 0.29) is 11.8 Å². The van der Waals surface area contributed by atoms with E-state index in [0.717, 1.165) is 27.7 Å². The average Bonchev–Trinajstić information content (AvgIpc) is 3.49. The third-order valence-corrected chi connectivity index (χ3v) is 6.33. The van der Waals surface area contributed by atoms with Gasteiger partial charge in [0, 0.05) is 29.8 Å². The van der Waals surface area contributed by atoms with Gasteiger partial charge in [-0.15, -0.1) is 11.3 Å². The highest BCUT2D eigenvalue weighted by Crippen LogP contribution is 2.26. The van der Waals surface area contributed by atoms with Crippen LogP contribution in [0.5, 0.6) is 0 Å². The summed E-state index contributed by atoms with van der Waals surface area (Å²) in [6.45, 7) is 3.82. The molecule has 5 aromatic rings. The number of nitrogens with one attached hydrogen (secondary N) is 2. The Kier molecular flexibility index (Phi) is 6.07. The van der Waals surface area contributed by atoms with Crippen molar-refractivity contribution in [1.29, 1.82) is 0 Å². The molecule has 9 heteroatoms. The smallest absolute Gasteiger partial charge is 0.260 e. The Morgan fingerprint density at radius 1 is 1.00 bits per heavy atom. The Labute approximate surface area is 205 Å². The summed E-state index contributed by atoms with van der Waals surface area (Å²) in [4.78, 5) is 33.3. The van der Waals surface area contributed by atoms with Crippen molar-refractivity contribution < 1.29 is 9.59 Å². The summed E-state index contributed by atoms with van der Waals surface area (Å²) in [5.74, 6) is 0.308. The number of hydrogen-bond donors (Lipinski definition) is 2. The molecule has 3 aromatic heterocycles. The molecule has 0 fully saturated rings. The zero-order valence-corrected chi connectivity index (χ0v) is 20.0. The van der Waals surface area contributed by atoms with Gasteiger partial charge in [-0.05, 0) is 30.7 Å². The van der Waals surface area contributed by atoms with Gasteiger partial charge in [0.15, 0.2) is 10.9 Å². The quantitative estimate of drug-likeness (QED) is 0.364. The van der Waals surface area contributed by atoms with Crippen LogP contribution in [-0.4, -0.2) is 31.6 Å². The lowest BCUT2D eigenvalue weighted by atomic mass is 10.1. The van der Waals surface area contributed by atoms with Crippen LogP contribution >= 0.6 is 11.3 Å². The molecule has 0 spiro atoms. The van der Waals surface area contributed by atoms with Crippen LogP contribution in [0.4, 0.5) is 5.13 Å². The molecule has 174 valence electrons. The molecule has 8 nitrogen and oxygen atoms in total. The van der Waals surface area contributed by atoms with Gasteiger partial charge in [-0.1, -0.05) is 42.5 Å². The zero-order chi connectivity index (χ0) is 24.4. The van der Waals surface area contributed by atoms with E-state index in [1.54, 1.807) is 10.9 Å². The molecule has 0 aliphatic carbocycles. The van der Waals surface area contributed by atoms with Crippen LogP contribution in [0.15, 0.2) is 72.2 Å². The van der Waals surface area contributed by atoms with Crippen LogP contribution in [0.25, 0.3) is 28.0 Å². The van der Waals surface area contributed by atoms with Gasteiger partial charge in [0.25, 0.3) is 5.91 Å². The van der Waals surface area contributed by atoms with Crippen molar-refractivity contribution >= 4 is 39.2 Å². The zero-order valence-electron chi connectivity index (χ0n) is 19.1. The monoisotopic (exact) mass is 482 g/mol. The number of pyridine rings is 1. The van der Waals surface area contributed by atoms with E-state index >= 15 is 0 Å². The third-order valence-electron chi connectivity index (χ3n) is 5.57. The van der Waals surface area contributed by atoms with Gasteiger partial charge in [-0.25, -0.2) is 14.6 Å². The molecule has 2 aromatic carbocycles. The van der Waals surface area contributed by atoms with E-state index in [4.69, 9.17) is 0 Å². The molecule has 0 aliphatic heterocycles. The number of nitrogens with zero attached hydrogens (tertiary/aromatic N) is 4. The maximum atomic E-state index is 13.0. The lowest BCUT2D eigenvalue weighted by Gasteiger charge is -2.06. The summed E-state index contributed by atoms with van der Waals surface area (Å²) in [5, 5.41) is 13.5. The van der Waals surface area contributed by atoms with Gasteiger partial charge in [-0.3, -0.25) is 14.9 Å². The van der Waals surface area contributed by atoms with E-state index in [9.17, 15) is 9.59 Å². The lowest BCUT2D eigenvalue weighted by molar-refractivity contribution is -0.119. The summed E-state index contributed by atoms with van der Waals surface area (Å²) in [5.41, 5.74) is 4.71. The van der Waals surface area contributed by atoms with Crippen LogP contribution in [0.1, 0.15) is 28.5 Å². The number of amides is 2. The lowest BCUT2D eigenvalue weighted by Crippen LogP contribution is -2.18. The molecule has 0 unspecified atom stereocenters. The average molecular weight is 483 g/mol. The summed E-state index contributed by atoms with van der Waals surface area (Å²) in [6, 6.07) is 19.5. The maximum Gasteiger partial charge on any atom is 0.260 e. The van der Waals surface area contributed by atoms with E-state index < -0.39 is 0 Å². The molecule has 0 bridgehead atoms. The number of anilines is 1. The molecule has 0 radical (unpaired) electrons. The minimum absolute atomic E-state index is 0.0664. The number of hydrogen-bond acceptors (Lipinski definition) is 6. The van der Waals surface area contributed by atoms with Crippen molar-refractivity contribution in [3.8, 4) is 17.1 Å². The highest BCUT2D eigenvalue weighted by atomic mass is 32.1. The van der Waals surface area contributed by atoms with Gasteiger partial charge < -0.3 is 5.32 Å². The Bertz CT molecular complexity index is 1540. The highest BCUT2D eigenvalue weighted by molar-refractivity contribution is 7.14. The molecule has 3 heterocycles. The normalized spacial score (nSPS) is 10.9. The first-order valence-electron chi connectivity index (χ1n) is 11.0. The van der Waals surface area contributed by atoms with E-state index in [1.165, 1.54) is 18.3 Å². The number of aromatic nitrogens is 4. The topological polar surface area (TPSA) is 102 Å². The minimum Gasteiger partial charge on any atom is -0.352 e. The predicted molar refractivity (Wildman–Crippen MR) is 137 cm³/mol. The fourth-order valence-corrected chi connectivity index (χ4v) is 4.40. The molecule has 2 amide bonds. The van der Waals surface area contributed by atoms with Crippen molar-refractivity contribution in [2.75, 3.05) is 5.32 Å². The van der Waals surface area contributed by atoms with Crippen molar-refractivity contribution in [3.63, 3.8) is 0 Å². The molecule has 35 heavy (non-hydrogen) atoms. The second-order valence-electron chi connectivity index (χ2n) is 8.02. The summed E-state index contributed by atoms with van der Waals surface area (Å²) >= 11 is 1.36. The maximum absolute atomic E-state index is 13.0. The Morgan fingerprint density at radius 2 is 1.80 bits per heavy atom. The van der Waals surface area contributed by atoms with Crippen molar-refractivity contribution in [2.24, 2.45) is 0 Å². The largest absolute Gasteiger partial charge is 0.352 e. The molecule has 0 saturated carbocycles. The number of carbonyl (C=O) groups excluding carboxylic acids is 2. The second-order valence-corrected chi connectivity index (χ2v) is 8.87. The summed E-state index contributed by atoms with van der Waals surface area (Å²) in [6.07, 6.45) is 1.55. The first kappa shape index (κ1) is 22.4. The fourth-order valence-electron chi connectivity index (χ4n) is 3.68. The van der Waals surface area contributed by atoms with Gasteiger partial charge in [-0.2, -0.15) is 5.10 Å². The standard InChI is InChI=1S/C26H22N6O2S/c1-16-21(14-28-32(16)24-12-11-19-5-3-4-6-22(19)29-24)25(34)31-26-30-23(15-35-26)20-9-7-18(8-10-20)13-27-17(2)33/h3-12,14-15H,13H2,1-2H3,(H,27,33)(H,30,31,34). The van der Waals surface area contributed by atoms with Crippen LogP contribution in [0, 0.1) is 6.92 Å². The highest BCUT2D eigenvalue weighted by Gasteiger charge is 2.17. The Balaban J connectivity index is 1.30. The van der Waals surface area contributed by atoms with Crippen LogP contribution < -0.4 is 10.6 Å². The van der Waals surface area contributed by atoms with Crippen molar-refractivity contribution in [1.82, 2.24) is 25.1 Å². The van der Waals surface area contributed by atoms with Gasteiger partial charge in [0.1, 0.15) is 0 Å². The van der Waals surface area contributed by atoms with E-state index in [1.807, 2.05) is 73.0 Å². The molecule has 0 atom stereocenters. The summed E-state index contributed by atoms with van der Waals surface area (Å²) < 4.78 is 1.66. The predicted octanol–water partition coefficient (Wildman–Crippen LogP) is 4.74. The van der Waals surface area contributed by atoms with E-state index in [0.29, 0.717) is 28.8 Å². The van der Waals surface area contributed by atoms with Crippen molar-refractivity contribution in [3.05, 3.63) is 89.1 Å². The SMILES string of the molecule is CC(=O)NCc1ccc(-c2csc(NC(=O)c3cnn(-c4ccc5ccccc5n4)c3C)n2)cc1. The molecular weight excluding hydrogens is 460 g/mol. The number of rotatable bonds is 6. The van der Waals surface area contributed by atoms with Gasteiger partial charge >= 0.3 is 0 Å². The van der Waals surface area contributed by atoms with Gasteiger partial charge in [0.2, 0.25) is 5.91 Å². The van der Waals surface area contributed by atoms with E-state index in [2.05, 4.69) is 25.7 Å². The first-order valence-corrected chi connectivity index (χ1v) is 11.9. The number of thiazole rings is 1. The fraction of sp³-hybridized carbons (Fsp3) is 0.115. The number of benzene rings is 2. The first-order chi connectivity index (χ1) is 17.0. The molecule has 0 saturated heterocycles. The Morgan fingerprint density at radius 3 is 2.60 bits per heavy atom. The molecule has 0 aliphatic rings. The van der Waals surface area contributed by atoms with Crippen LogP contribution in [0.2, 0.25) is 0 Å². The summed E-state index contributed by atoms with van der Waals surface area (Å²) in [7, 11) is 0. The van der Waals surface area contributed by atoms with Crippen LogP contribution in [-0.2, 0) is 11.3 Å². The minimum atomic E-state index is -0.277. The van der Waals surface area contributed by atoms with Crippen LogP contribution in [0.3, 0.4) is 0 Å². The molecular formula is C26H22N6O2S. The number of fused-ring (bicyclic) bond motifs is 1.